The number of aromatic nitrogens is 4. The molecule has 13 heteroatoms. The lowest BCUT2D eigenvalue weighted by Crippen LogP contribution is -2.38. The van der Waals surface area contributed by atoms with Gasteiger partial charge in [-0.2, -0.15) is 0 Å². The number of halogens is 1. The van der Waals surface area contributed by atoms with Crippen LogP contribution in [0.25, 0.3) is 11.2 Å². The van der Waals surface area contributed by atoms with E-state index in [0.717, 1.165) is 22.3 Å². The molecule has 254 valence electrons. The number of fused-ring (bicyclic) bond motifs is 1. The van der Waals surface area contributed by atoms with Crippen molar-refractivity contribution in [3.8, 4) is 5.75 Å². The molecule has 50 heavy (non-hydrogen) atoms. The Kier molecular flexibility index (Phi) is 9.88. The molecule has 1 aliphatic rings. The second-order valence-electron chi connectivity index (χ2n) is 11.7. The average molecular weight is 695 g/mol. The first-order valence-electron chi connectivity index (χ1n) is 15.9. The summed E-state index contributed by atoms with van der Waals surface area (Å²) in [5.74, 6) is 1.12. The minimum absolute atomic E-state index is 0.0684. The van der Waals surface area contributed by atoms with Crippen LogP contribution in [0.4, 0.5) is 10.2 Å². The third kappa shape index (κ3) is 6.59. The van der Waals surface area contributed by atoms with Crippen molar-refractivity contribution in [1.29, 1.82) is 0 Å². The van der Waals surface area contributed by atoms with Crippen LogP contribution >= 0.6 is 8.25 Å². The lowest BCUT2D eigenvalue weighted by atomic mass is 9.77. The predicted molar refractivity (Wildman–Crippen MR) is 184 cm³/mol. The Bertz CT molecular complexity index is 1940. The summed E-state index contributed by atoms with van der Waals surface area (Å²) in [6.07, 6.45) is -2.14. The van der Waals surface area contributed by atoms with Gasteiger partial charge in [0, 0.05) is 4.57 Å². The number of methoxy groups -OCH3 is 1. The minimum Gasteiger partial charge on any atom is -0.497 e. The molecule has 0 spiro atoms. The highest BCUT2D eigenvalue weighted by Gasteiger charge is 2.49. The van der Waals surface area contributed by atoms with Crippen LogP contribution in [0.3, 0.4) is 0 Å². The maximum Gasteiger partial charge on any atom is 0.694 e. The van der Waals surface area contributed by atoms with E-state index in [1.165, 1.54) is 12.7 Å². The molecule has 3 heterocycles. The third-order valence-electron chi connectivity index (χ3n) is 8.77. The SMILES string of the molecule is COc1ccc(CO[C@@H]2[C@H](F)[C@@H](CO[P+](=O)O)O[C@H]2n2cnc3c(NC(c4ccccc4)(c4ccccc4)c4ccccc4)ncnc32)cc1. The molecule has 0 saturated carbocycles. The second-order valence-corrected chi connectivity index (χ2v) is 12.4. The summed E-state index contributed by atoms with van der Waals surface area (Å²) in [5.41, 5.74) is 3.61. The van der Waals surface area contributed by atoms with E-state index in [1.54, 1.807) is 23.8 Å². The zero-order chi connectivity index (χ0) is 34.5. The van der Waals surface area contributed by atoms with Gasteiger partial charge < -0.3 is 19.5 Å². The van der Waals surface area contributed by atoms with Crippen LogP contribution in [0.15, 0.2) is 128 Å². The fraction of sp³-hybridized carbons (Fsp3) is 0.216. The molecule has 1 unspecified atom stereocenters. The van der Waals surface area contributed by atoms with E-state index >= 15 is 4.39 Å². The predicted octanol–water partition coefficient (Wildman–Crippen LogP) is 6.73. The number of rotatable bonds is 13. The lowest BCUT2D eigenvalue weighted by Gasteiger charge is -2.37. The fourth-order valence-corrected chi connectivity index (χ4v) is 6.64. The molecular weight excluding hydrogens is 660 g/mol. The Morgan fingerprint density at radius 3 is 2.04 bits per heavy atom. The molecule has 1 aliphatic heterocycles. The van der Waals surface area contributed by atoms with Gasteiger partial charge in [-0.25, -0.2) is 19.3 Å². The molecule has 1 saturated heterocycles. The number of hydrogen-bond acceptors (Lipinski definition) is 9. The summed E-state index contributed by atoms with van der Waals surface area (Å²) in [7, 11) is -1.38. The Labute approximate surface area is 288 Å². The summed E-state index contributed by atoms with van der Waals surface area (Å²) in [6.45, 7) is -0.382. The van der Waals surface area contributed by atoms with Crippen LogP contribution in [0.2, 0.25) is 0 Å². The topological polar surface area (TPSA) is 130 Å². The number of imidazole rings is 1. The molecule has 4 aromatic carbocycles. The summed E-state index contributed by atoms with van der Waals surface area (Å²) >= 11 is 0. The molecular formula is C37H34FN5O6P+. The zero-order valence-electron chi connectivity index (χ0n) is 27.0. The van der Waals surface area contributed by atoms with Crippen LogP contribution in [-0.4, -0.2) is 56.5 Å². The first-order chi connectivity index (χ1) is 24.5. The zero-order valence-corrected chi connectivity index (χ0v) is 27.8. The maximum atomic E-state index is 16.0. The third-order valence-corrected chi connectivity index (χ3v) is 9.14. The number of hydrogen-bond donors (Lipinski definition) is 2. The minimum atomic E-state index is -2.96. The number of benzene rings is 4. The van der Waals surface area contributed by atoms with Gasteiger partial charge >= 0.3 is 8.25 Å². The van der Waals surface area contributed by atoms with E-state index in [4.69, 9.17) is 23.7 Å². The highest BCUT2D eigenvalue weighted by molar-refractivity contribution is 7.32. The molecule has 6 aromatic rings. The number of ether oxygens (including phenoxy) is 3. The van der Waals surface area contributed by atoms with Crippen molar-refractivity contribution in [1.82, 2.24) is 19.5 Å². The van der Waals surface area contributed by atoms with Gasteiger partial charge in [0.25, 0.3) is 0 Å². The van der Waals surface area contributed by atoms with Gasteiger partial charge in [0.05, 0.1) is 20.0 Å². The maximum absolute atomic E-state index is 16.0. The van der Waals surface area contributed by atoms with Crippen LogP contribution in [0.5, 0.6) is 5.75 Å². The van der Waals surface area contributed by atoms with E-state index in [9.17, 15) is 9.46 Å². The van der Waals surface area contributed by atoms with E-state index in [-0.39, 0.29) is 6.61 Å². The summed E-state index contributed by atoms with van der Waals surface area (Å²) < 4.78 is 51.3. The van der Waals surface area contributed by atoms with Crippen LogP contribution in [0, 0.1) is 0 Å². The monoisotopic (exact) mass is 694 g/mol. The molecule has 0 radical (unpaired) electrons. The van der Waals surface area contributed by atoms with Crippen molar-refractivity contribution in [2.24, 2.45) is 0 Å². The number of nitrogens with zero attached hydrogens (tertiary/aromatic N) is 4. The van der Waals surface area contributed by atoms with Gasteiger partial charge in [0.1, 0.15) is 36.4 Å². The van der Waals surface area contributed by atoms with Gasteiger partial charge in [-0.3, -0.25) is 4.57 Å². The van der Waals surface area contributed by atoms with Crippen molar-refractivity contribution in [3.63, 3.8) is 0 Å². The standard InChI is InChI=1S/C37H33FN5O6P/c1-46-29-19-17-25(18-20-29)21-47-33-31(38)30(22-48-50(44)45)49-36(33)43-24-41-32-34(39-23-40-35(32)43)42-37(26-11-5-2-6-12-26,27-13-7-3-8-14-27)28-15-9-4-10-16-28/h2-20,23-24,30-31,33,36H,21-22H2,1H3,(H-,39,40,42,44,45)/p+1/t30-,31-,33-,36-/m1/s1. The van der Waals surface area contributed by atoms with E-state index in [2.05, 4.69) is 51.7 Å². The molecule has 2 aromatic heterocycles. The average Bonchev–Trinajstić information content (AvgIpc) is 3.74. The van der Waals surface area contributed by atoms with Crippen LogP contribution < -0.4 is 10.1 Å². The molecule has 0 aliphatic carbocycles. The van der Waals surface area contributed by atoms with Crippen molar-refractivity contribution in [3.05, 3.63) is 150 Å². The smallest absolute Gasteiger partial charge is 0.497 e. The Hall–Kier alpha value is -5.10. The fourth-order valence-electron chi connectivity index (χ4n) is 6.37. The van der Waals surface area contributed by atoms with Crippen molar-refractivity contribution >= 4 is 25.2 Å². The van der Waals surface area contributed by atoms with Crippen LogP contribution in [0.1, 0.15) is 28.5 Å². The molecule has 1 fully saturated rings. The first kappa shape index (κ1) is 33.4. The van der Waals surface area contributed by atoms with E-state index < -0.39 is 45.0 Å². The largest absolute Gasteiger partial charge is 0.694 e. The van der Waals surface area contributed by atoms with Gasteiger partial charge in [-0.1, -0.05) is 103 Å². The van der Waals surface area contributed by atoms with Gasteiger partial charge in [0.2, 0.25) is 0 Å². The molecule has 11 nitrogen and oxygen atoms in total. The lowest BCUT2D eigenvalue weighted by molar-refractivity contribution is -0.0729. The molecule has 0 amide bonds. The summed E-state index contributed by atoms with van der Waals surface area (Å²) in [5, 5.41) is 3.74. The van der Waals surface area contributed by atoms with E-state index in [0.29, 0.717) is 22.7 Å². The van der Waals surface area contributed by atoms with Crippen molar-refractivity contribution in [2.75, 3.05) is 19.0 Å². The Morgan fingerprint density at radius 2 is 1.48 bits per heavy atom. The van der Waals surface area contributed by atoms with Crippen molar-refractivity contribution < 1.29 is 32.6 Å². The highest BCUT2D eigenvalue weighted by atomic mass is 31.1. The van der Waals surface area contributed by atoms with E-state index in [1.807, 2.05) is 66.7 Å². The molecule has 2 N–H and O–H groups in total. The quantitative estimate of drug-likeness (QED) is 0.0992. The molecule has 5 atom stereocenters. The summed E-state index contributed by atoms with van der Waals surface area (Å²) in [4.78, 5) is 23.2. The molecule has 7 rings (SSSR count). The number of anilines is 1. The Morgan fingerprint density at radius 1 is 0.880 bits per heavy atom. The summed E-state index contributed by atoms with van der Waals surface area (Å²) in [6, 6.07) is 37.5. The second kappa shape index (κ2) is 14.8. The highest BCUT2D eigenvalue weighted by Crippen LogP contribution is 2.42. The number of nitrogens with one attached hydrogen (secondary N) is 1. The number of alkyl halides is 1. The van der Waals surface area contributed by atoms with Gasteiger partial charge in [0.15, 0.2) is 29.4 Å². The van der Waals surface area contributed by atoms with Crippen LogP contribution in [-0.2, 0) is 30.7 Å². The van der Waals surface area contributed by atoms with Crippen molar-refractivity contribution in [2.45, 2.75) is 36.8 Å². The normalized spacial score (nSPS) is 19.4. The molecule has 0 bridgehead atoms. The van der Waals surface area contributed by atoms with Gasteiger partial charge in [-0.15, -0.1) is 9.42 Å². The Balaban J connectivity index is 1.28. The van der Waals surface area contributed by atoms with Gasteiger partial charge in [-0.05, 0) is 34.4 Å². The first-order valence-corrected chi connectivity index (χ1v) is 17.1.